The molecule has 1 heterocycles. The second-order valence-electron chi connectivity index (χ2n) is 4.27. The van der Waals surface area contributed by atoms with Gasteiger partial charge in [0.25, 0.3) is 0 Å². The molecule has 0 aliphatic heterocycles. The number of rotatable bonds is 6. The molecule has 0 amide bonds. The lowest BCUT2D eigenvalue weighted by atomic mass is 10.1. The number of nitrogens with one attached hydrogen (secondary N) is 2. The third-order valence-corrected chi connectivity index (χ3v) is 2.78. The number of hydrogen-bond donors (Lipinski definition) is 2. The molecular weight excluding hydrogens is 228 g/mol. The Labute approximate surface area is 107 Å². The van der Waals surface area contributed by atoms with Crippen LogP contribution in [0.25, 0.3) is 0 Å². The summed E-state index contributed by atoms with van der Waals surface area (Å²) in [7, 11) is 1.68. The molecule has 0 bridgehead atoms. The van der Waals surface area contributed by atoms with Crippen LogP contribution in [0.4, 0.5) is 0 Å². The van der Waals surface area contributed by atoms with E-state index >= 15 is 0 Å². The lowest BCUT2D eigenvalue weighted by Gasteiger charge is -2.13. The largest absolute Gasteiger partial charge is 0.497 e. The van der Waals surface area contributed by atoms with E-state index in [4.69, 9.17) is 4.74 Å². The van der Waals surface area contributed by atoms with E-state index in [9.17, 15) is 0 Å². The van der Waals surface area contributed by atoms with Crippen LogP contribution in [0.1, 0.15) is 18.3 Å². The average Bonchev–Trinajstić information content (AvgIpc) is 2.90. The fourth-order valence-corrected chi connectivity index (χ4v) is 1.77. The molecule has 1 aromatic carbocycles. The molecule has 0 spiro atoms. The molecule has 5 heteroatoms. The average molecular weight is 246 g/mol. The highest BCUT2D eigenvalue weighted by Crippen LogP contribution is 2.12. The van der Waals surface area contributed by atoms with Gasteiger partial charge in [-0.25, -0.2) is 4.98 Å². The minimum absolute atomic E-state index is 0.378. The zero-order chi connectivity index (χ0) is 12.8. The van der Waals surface area contributed by atoms with E-state index in [-0.39, 0.29) is 0 Å². The Bertz CT molecular complexity index is 452. The molecule has 1 aromatic heterocycles. The molecule has 1 atom stereocenters. The van der Waals surface area contributed by atoms with Gasteiger partial charge in [0.15, 0.2) is 0 Å². The number of H-pyrrole nitrogens is 1. The van der Waals surface area contributed by atoms with Crippen LogP contribution in [0.5, 0.6) is 5.75 Å². The minimum Gasteiger partial charge on any atom is -0.497 e. The molecule has 0 radical (unpaired) electrons. The van der Waals surface area contributed by atoms with Crippen molar-refractivity contribution in [2.45, 2.75) is 25.9 Å². The van der Waals surface area contributed by atoms with Crippen LogP contribution in [0.2, 0.25) is 0 Å². The molecule has 2 aromatic rings. The lowest BCUT2D eigenvalue weighted by molar-refractivity contribution is 0.414. The molecule has 2 rings (SSSR count). The third kappa shape index (κ3) is 3.56. The van der Waals surface area contributed by atoms with Crippen LogP contribution in [0.3, 0.4) is 0 Å². The molecule has 18 heavy (non-hydrogen) atoms. The standard InChI is InChI=1S/C13H18N4O/c1-10(14-8-13-15-9-16-17-13)7-11-3-5-12(18-2)6-4-11/h3-6,9-10,14H,7-8H2,1-2H3,(H,15,16,17). The summed E-state index contributed by atoms with van der Waals surface area (Å²) in [6.45, 7) is 2.86. The first-order valence-electron chi connectivity index (χ1n) is 5.98. The van der Waals surface area contributed by atoms with Gasteiger partial charge in [-0.2, -0.15) is 5.10 Å². The van der Waals surface area contributed by atoms with E-state index in [2.05, 4.69) is 39.6 Å². The fraction of sp³-hybridized carbons (Fsp3) is 0.385. The van der Waals surface area contributed by atoms with Crippen molar-refractivity contribution < 1.29 is 4.74 Å². The SMILES string of the molecule is COc1ccc(CC(C)NCc2ncn[nH]2)cc1. The van der Waals surface area contributed by atoms with Crippen molar-refractivity contribution >= 4 is 0 Å². The Hall–Kier alpha value is -1.88. The van der Waals surface area contributed by atoms with E-state index in [0.717, 1.165) is 18.0 Å². The summed E-state index contributed by atoms with van der Waals surface area (Å²) in [5.41, 5.74) is 1.29. The molecule has 0 saturated heterocycles. The predicted molar refractivity (Wildman–Crippen MR) is 69.4 cm³/mol. The summed E-state index contributed by atoms with van der Waals surface area (Å²) in [5.74, 6) is 1.75. The van der Waals surface area contributed by atoms with Crippen molar-refractivity contribution in [3.8, 4) is 5.75 Å². The van der Waals surface area contributed by atoms with E-state index in [1.54, 1.807) is 7.11 Å². The lowest BCUT2D eigenvalue weighted by Crippen LogP contribution is -2.28. The molecule has 2 N–H and O–H groups in total. The molecule has 5 nitrogen and oxygen atoms in total. The van der Waals surface area contributed by atoms with E-state index < -0.39 is 0 Å². The first kappa shape index (κ1) is 12.6. The Morgan fingerprint density at radius 1 is 1.33 bits per heavy atom. The van der Waals surface area contributed by atoms with Gasteiger partial charge >= 0.3 is 0 Å². The number of aromatic amines is 1. The Morgan fingerprint density at radius 2 is 2.11 bits per heavy atom. The van der Waals surface area contributed by atoms with Gasteiger partial charge in [-0.3, -0.25) is 5.10 Å². The third-order valence-electron chi connectivity index (χ3n) is 2.78. The summed E-state index contributed by atoms with van der Waals surface area (Å²) in [6, 6.07) is 8.52. The van der Waals surface area contributed by atoms with Crippen molar-refractivity contribution in [1.82, 2.24) is 20.5 Å². The molecule has 0 saturated carbocycles. The Balaban J connectivity index is 1.80. The Morgan fingerprint density at radius 3 is 2.72 bits per heavy atom. The van der Waals surface area contributed by atoms with Crippen LogP contribution >= 0.6 is 0 Å². The smallest absolute Gasteiger partial charge is 0.138 e. The monoisotopic (exact) mass is 246 g/mol. The van der Waals surface area contributed by atoms with Crippen molar-refractivity contribution in [3.05, 3.63) is 42.0 Å². The summed E-state index contributed by atoms with van der Waals surface area (Å²) in [4.78, 5) is 4.07. The second kappa shape index (κ2) is 6.16. The number of nitrogens with zero attached hydrogens (tertiary/aromatic N) is 2. The molecule has 0 aliphatic rings. The highest BCUT2D eigenvalue weighted by Gasteiger charge is 2.04. The summed E-state index contributed by atoms with van der Waals surface area (Å²) in [6.07, 6.45) is 2.49. The number of methoxy groups -OCH3 is 1. The minimum atomic E-state index is 0.378. The first-order valence-corrected chi connectivity index (χ1v) is 5.98. The quantitative estimate of drug-likeness (QED) is 0.811. The summed E-state index contributed by atoms with van der Waals surface area (Å²) >= 11 is 0. The Kier molecular flexibility index (Phi) is 4.30. The van der Waals surface area contributed by atoms with E-state index in [0.29, 0.717) is 12.6 Å². The van der Waals surface area contributed by atoms with Gasteiger partial charge in [0.05, 0.1) is 13.7 Å². The van der Waals surface area contributed by atoms with Gasteiger partial charge in [-0.15, -0.1) is 0 Å². The molecule has 0 aliphatic carbocycles. The maximum Gasteiger partial charge on any atom is 0.138 e. The van der Waals surface area contributed by atoms with E-state index in [1.165, 1.54) is 11.9 Å². The molecular formula is C13H18N4O. The van der Waals surface area contributed by atoms with Gasteiger partial charge < -0.3 is 10.1 Å². The number of benzene rings is 1. The normalized spacial score (nSPS) is 12.3. The van der Waals surface area contributed by atoms with Crippen molar-refractivity contribution in [1.29, 1.82) is 0 Å². The highest BCUT2D eigenvalue weighted by atomic mass is 16.5. The maximum atomic E-state index is 5.14. The zero-order valence-corrected chi connectivity index (χ0v) is 10.7. The van der Waals surface area contributed by atoms with Crippen molar-refractivity contribution in [2.24, 2.45) is 0 Å². The van der Waals surface area contributed by atoms with Crippen molar-refractivity contribution in [3.63, 3.8) is 0 Å². The van der Waals surface area contributed by atoms with Crippen LogP contribution in [0.15, 0.2) is 30.6 Å². The van der Waals surface area contributed by atoms with Crippen LogP contribution in [-0.2, 0) is 13.0 Å². The topological polar surface area (TPSA) is 62.8 Å². The van der Waals surface area contributed by atoms with Crippen LogP contribution < -0.4 is 10.1 Å². The van der Waals surface area contributed by atoms with Crippen LogP contribution in [-0.4, -0.2) is 28.3 Å². The fourth-order valence-electron chi connectivity index (χ4n) is 1.77. The van der Waals surface area contributed by atoms with Gasteiger partial charge in [0, 0.05) is 6.04 Å². The van der Waals surface area contributed by atoms with E-state index in [1.807, 2.05) is 12.1 Å². The van der Waals surface area contributed by atoms with Gasteiger partial charge in [0.1, 0.15) is 17.9 Å². The number of hydrogen-bond acceptors (Lipinski definition) is 4. The highest BCUT2D eigenvalue weighted by molar-refractivity contribution is 5.27. The first-order chi connectivity index (χ1) is 8.78. The predicted octanol–water partition coefficient (Wildman–Crippen LogP) is 1.53. The maximum absolute atomic E-state index is 5.14. The molecule has 0 fully saturated rings. The summed E-state index contributed by atoms with van der Waals surface area (Å²) in [5, 5.41) is 10.0. The second-order valence-corrected chi connectivity index (χ2v) is 4.27. The summed E-state index contributed by atoms with van der Waals surface area (Å²) < 4.78 is 5.14. The van der Waals surface area contributed by atoms with Gasteiger partial charge in [-0.1, -0.05) is 12.1 Å². The van der Waals surface area contributed by atoms with Gasteiger partial charge in [-0.05, 0) is 31.0 Å². The van der Waals surface area contributed by atoms with Gasteiger partial charge in [0.2, 0.25) is 0 Å². The van der Waals surface area contributed by atoms with Crippen LogP contribution in [0, 0.1) is 0 Å². The number of aromatic nitrogens is 3. The zero-order valence-electron chi connectivity index (χ0n) is 10.7. The molecule has 96 valence electrons. The molecule has 1 unspecified atom stereocenters. The van der Waals surface area contributed by atoms with Crippen molar-refractivity contribution in [2.75, 3.05) is 7.11 Å². The number of ether oxygens (including phenoxy) is 1.